The maximum absolute atomic E-state index is 8.81. The van der Waals surface area contributed by atoms with Crippen LogP contribution in [0.1, 0.15) is 44.2 Å². The van der Waals surface area contributed by atoms with Gasteiger partial charge in [-0.05, 0) is 44.4 Å². The Hall–Kier alpha value is -1.75. The van der Waals surface area contributed by atoms with Gasteiger partial charge in [-0.3, -0.25) is 4.90 Å². The standard InChI is InChI=1S/C16H25N3O2/c1-11-5-4-6-12(2)19(11)10-13-7-8-14(16(17)18-20)15(9-13)21-3/h7-9,11-12,20H,4-6,10H2,1-3H3,(H2,17,18). The molecule has 0 bridgehead atoms. The van der Waals surface area contributed by atoms with Crippen molar-refractivity contribution in [2.45, 2.75) is 51.7 Å². The van der Waals surface area contributed by atoms with Gasteiger partial charge in [0, 0.05) is 18.6 Å². The van der Waals surface area contributed by atoms with E-state index in [0.717, 1.165) is 6.54 Å². The van der Waals surface area contributed by atoms with E-state index in [1.165, 1.54) is 24.8 Å². The lowest BCUT2D eigenvalue weighted by atomic mass is 9.96. The van der Waals surface area contributed by atoms with E-state index in [1.54, 1.807) is 7.11 Å². The van der Waals surface area contributed by atoms with Crippen LogP contribution in [0.25, 0.3) is 0 Å². The van der Waals surface area contributed by atoms with Crippen molar-refractivity contribution in [3.05, 3.63) is 29.3 Å². The molecule has 0 saturated carbocycles. The van der Waals surface area contributed by atoms with E-state index in [4.69, 9.17) is 15.7 Å². The van der Waals surface area contributed by atoms with Gasteiger partial charge in [-0.25, -0.2) is 0 Å². The van der Waals surface area contributed by atoms with Gasteiger partial charge in [-0.15, -0.1) is 0 Å². The fourth-order valence-corrected chi connectivity index (χ4v) is 3.10. The van der Waals surface area contributed by atoms with Crippen molar-refractivity contribution in [3.63, 3.8) is 0 Å². The van der Waals surface area contributed by atoms with Gasteiger partial charge >= 0.3 is 0 Å². The highest BCUT2D eigenvalue weighted by molar-refractivity contribution is 5.99. The Morgan fingerprint density at radius 1 is 1.38 bits per heavy atom. The summed E-state index contributed by atoms with van der Waals surface area (Å²) in [6.45, 7) is 5.48. The Kier molecular flexibility index (Phi) is 5.07. The van der Waals surface area contributed by atoms with Crippen LogP contribution < -0.4 is 10.5 Å². The van der Waals surface area contributed by atoms with Crippen molar-refractivity contribution in [1.82, 2.24) is 4.90 Å². The first-order valence-electron chi connectivity index (χ1n) is 7.47. The number of ether oxygens (including phenoxy) is 1. The van der Waals surface area contributed by atoms with Gasteiger partial charge in [0.25, 0.3) is 0 Å². The third-order valence-corrected chi connectivity index (χ3v) is 4.39. The molecular formula is C16H25N3O2. The molecular weight excluding hydrogens is 266 g/mol. The van der Waals surface area contributed by atoms with Gasteiger partial charge < -0.3 is 15.7 Å². The molecule has 1 aromatic rings. The predicted molar refractivity (Wildman–Crippen MR) is 83.8 cm³/mol. The SMILES string of the molecule is COc1cc(CN2C(C)CCCC2C)ccc1/C(N)=N/O. The zero-order valence-electron chi connectivity index (χ0n) is 13.0. The van der Waals surface area contributed by atoms with E-state index in [-0.39, 0.29) is 5.84 Å². The van der Waals surface area contributed by atoms with E-state index in [2.05, 4.69) is 23.9 Å². The van der Waals surface area contributed by atoms with Crippen LogP contribution in [-0.2, 0) is 6.54 Å². The van der Waals surface area contributed by atoms with E-state index in [1.807, 2.05) is 18.2 Å². The first-order valence-corrected chi connectivity index (χ1v) is 7.47. The summed E-state index contributed by atoms with van der Waals surface area (Å²) >= 11 is 0. The molecule has 0 radical (unpaired) electrons. The van der Waals surface area contributed by atoms with Crippen LogP contribution in [0.2, 0.25) is 0 Å². The monoisotopic (exact) mass is 291 g/mol. The fraction of sp³-hybridized carbons (Fsp3) is 0.562. The third-order valence-electron chi connectivity index (χ3n) is 4.39. The Bertz CT molecular complexity index is 506. The molecule has 1 saturated heterocycles. The summed E-state index contributed by atoms with van der Waals surface area (Å²) in [6, 6.07) is 7.04. The highest BCUT2D eigenvalue weighted by Crippen LogP contribution is 2.27. The van der Waals surface area contributed by atoms with Crippen molar-refractivity contribution < 1.29 is 9.94 Å². The second-order valence-corrected chi connectivity index (χ2v) is 5.82. The number of methoxy groups -OCH3 is 1. The van der Waals surface area contributed by atoms with Crippen molar-refractivity contribution in [2.75, 3.05) is 7.11 Å². The van der Waals surface area contributed by atoms with Crippen molar-refractivity contribution in [1.29, 1.82) is 0 Å². The molecule has 3 N–H and O–H groups in total. The van der Waals surface area contributed by atoms with Gasteiger partial charge in [-0.1, -0.05) is 17.6 Å². The molecule has 2 atom stereocenters. The molecule has 0 aromatic heterocycles. The Labute approximate surface area is 126 Å². The number of piperidine rings is 1. The Morgan fingerprint density at radius 2 is 2.05 bits per heavy atom. The maximum Gasteiger partial charge on any atom is 0.173 e. The summed E-state index contributed by atoms with van der Waals surface area (Å²) in [5.74, 6) is 0.707. The van der Waals surface area contributed by atoms with Crippen LogP contribution in [0, 0.1) is 0 Å². The molecule has 21 heavy (non-hydrogen) atoms. The van der Waals surface area contributed by atoms with Crippen LogP contribution in [0.3, 0.4) is 0 Å². The highest BCUT2D eigenvalue weighted by atomic mass is 16.5. The molecule has 1 fully saturated rings. The smallest absolute Gasteiger partial charge is 0.173 e. The number of rotatable bonds is 4. The van der Waals surface area contributed by atoms with Gasteiger partial charge in [0.1, 0.15) is 5.75 Å². The van der Waals surface area contributed by atoms with Gasteiger partial charge in [0.05, 0.1) is 12.7 Å². The molecule has 2 rings (SSSR count). The highest BCUT2D eigenvalue weighted by Gasteiger charge is 2.24. The largest absolute Gasteiger partial charge is 0.496 e. The number of likely N-dealkylation sites (tertiary alicyclic amines) is 1. The second-order valence-electron chi connectivity index (χ2n) is 5.82. The zero-order chi connectivity index (χ0) is 15.4. The van der Waals surface area contributed by atoms with Crippen LogP contribution >= 0.6 is 0 Å². The lowest BCUT2D eigenvalue weighted by Gasteiger charge is -2.39. The molecule has 5 heteroatoms. The van der Waals surface area contributed by atoms with E-state index < -0.39 is 0 Å². The minimum Gasteiger partial charge on any atom is -0.496 e. The number of amidine groups is 1. The summed E-state index contributed by atoms with van der Waals surface area (Å²) in [5, 5.41) is 11.8. The number of nitrogens with zero attached hydrogens (tertiary/aromatic N) is 2. The number of oxime groups is 1. The number of hydrogen-bond donors (Lipinski definition) is 2. The molecule has 116 valence electrons. The van der Waals surface area contributed by atoms with E-state index in [0.29, 0.717) is 23.4 Å². The number of nitrogens with two attached hydrogens (primary N) is 1. The van der Waals surface area contributed by atoms with Crippen LogP contribution in [-0.4, -0.2) is 35.1 Å². The molecule has 1 aromatic carbocycles. The molecule has 2 unspecified atom stereocenters. The number of benzene rings is 1. The van der Waals surface area contributed by atoms with Crippen LogP contribution in [0.4, 0.5) is 0 Å². The molecule has 1 aliphatic rings. The summed E-state index contributed by atoms with van der Waals surface area (Å²) in [7, 11) is 1.60. The summed E-state index contributed by atoms with van der Waals surface area (Å²) in [6.07, 6.45) is 3.82. The molecule has 0 amide bonds. The van der Waals surface area contributed by atoms with E-state index in [9.17, 15) is 0 Å². The minimum atomic E-state index is 0.0677. The molecule has 5 nitrogen and oxygen atoms in total. The van der Waals surface area contributed by atoms with Crippen LogP contribution in [0.15, 0.2) is 23.4 Å². The topological polar surface area (TPSA) is 71.1 Å². The van der Waals surface area contributed by atoms with Crippen LogP contribution in [0.5, 0.6) is 5.75 Å². The molecule has 1 heterocycles. The fourth-order valence-electron chi connectivity index (χ4n) is 3.10. The molecule has 0 aliphatic carbocycles. The quantitative estimate of drug-likeness (QED) is 0.387. The molecule has 1 aliphatic heterocycles. The zero-order valence-corrected chi connectivity index (χ0v) is 13.0. The van der Waals surface area contributed by atoms with Gasteiger partial charge in [-0.2, -0.15) is 0 Å². The van der Waals surface area contributed by atoms with Gasteiger partial charge in [0.2, 0.25) is 0 Å². The van der Waals surface area contributed by atoms with Gasteiger partial charge in [0.15, 0.2) is 5.84 Å². The average molecular weight is 291 g/mol. The normalized spacial score (nSPS) is 24.0. The minimum absolute atomic E-state index is 0.0677. The lowest BCUT2D eigenvalue weighted by molar-refractivity contribution is 0.0952. The maximum atomic E-state index is 8.81. The van der Waals surface area contributed by atoms with Crippen molar-refractivity contribution >= 4 is 5.84 Å². The van der Waals surface area contributed by atoms with E-state index >= 15 is 0 Å². The lowest BCUT2D eigenvalue weighted by Crippen LogP contribution is -2.42. The summed E-state index contributed by atoms with van der Waals surface area (Å²) < 4.78 is 5.36. The average Bonchev–Trinajstić information content (AvgIpc) is 2.50. The molecule has 0 spiro atoms. The van der Waals surface area contributed by atoms with Crippen molar-refractivity contribution in [3.8, 4) is 5.75 Å². The first-order chi connectivity index (χ1) is 10.1. The predicted octanol–water partition coefficient (Wildman–Crippen LogP) is 2.55. The second kappa shape index (κ2) is 6.80. The number of hydrogen-bond acceptors (Lipinski definition) is 4. The Morgan fingerprint density at radius 3 is 2.62 bits per heavy atom. The first kappa shape index (κ1) is 15.6. The summed E-state index contributed by atoms with van der Waals surface area (Å²) in [4.78, 5) is 2.53. The third kappa shape index (κ3) is 3.47. The Balaban J connectivity index is 2.21. The summed E-state index contributed by atoms with van der Waals surface area (Å²) in [5.41, 5.74) is 7.46. The van der Waals surface area contributed by atoms with Crippen molar-refractivity contribution in [2.24, 2.45) is 10.9 Å².